The van der Waals surface area contributed by atoms with Gasteiger partial charge in [0.15, 0.2) is 5.78 Å². The van der Waals surface area contributed by atoms with E-state index in [4.69, 9.17) is 10.5 Å². The third-order valence-electron chi connectivity index (χ3n) is 7.06. The van der Waals surface area contributed by atoms with Crippen molar-refractivity contribution in [1.29, 1.82) is 0 Å². The largest absolute Gasteiger partial charge is 0.467 e. The Morgan fingerprint density at radius 3 is 2.33 bits per heavy atom. The van der Waals surface area contributed by atoms with Gasteiger partial charge in [0.25, 0.3) is 0 Å². The highest BCUT2D eigenvalue weighted by Gasteiger charge is 2.30. The summed E-state index contributed by atoms with van der Waals surface area (Å²) in [6.45, 7) is 14.1. The number of ether oxygens (including phenoxy) is 1. The average molecular weight is 582 g/mol. The zero-order chi connectivity index (χ0) is 31.4. The van der Waals surface area contributed by atoms with Gasteiger partial charge in [0.1, 0.15) is 12.1 Å². The predicted octanol–water partition coefficient (Wildman–Crippen LogP) is 4.42. The van der Waals surface area contributed by atoms with Crippen LogP contribution in [0.25, 0.3) is 16.6 Å². The van der Waals surface area contributed by atoms with Crippen LogP contribution in [0.4, 0.5) is 4.79 Å². The molecule has 0 aliphatic carbocycles. The van der Waals surface area contributed by atoms with E-state index >= 15 is 0 Å². The fourth-order valence-electron chi connectivity index (χ4n) is 4.86. The molecule has 230 valence electrons. The second kappa shape index (κ2) is 16.5. The minimum atomic E-state index is -0.673. The molecule has 42 heavy (non-hydrogen) atoms. The Bertz CT molecular complexity index is 1240. The first-order valence-electron chi connectivity index (χ1n) is 14.6. The third kappa shape index (κ3) is 10.5. The quantitative estimate of drug-likeness (QED) is 0.352. The molecule has 2 heterocycles. The molecule has 10 heteroatoms. The van der Waals surface area contributed by atoms with Gasteiger partial charge >= 0.3 is 12.0 Å². The van der Waals surface area contributed by atoms with Gasteiger partial charge in [-0.05, 0) is 50.5 Å². The number of primary amides is 1. The first-order chi connectivity index (χ1) is 19.8. The fourth-order valence-corrected chi connectivity index (χ4v) is 4.86. The smallest absolute Gasteiger partial charge is 0.328 e. The van der Waals surface area contributed by atoms with Gasteiger partial charge in [-0.2, -0.15) is 0 Å². The number of methoxy groups -OCH3 is 1. The normalized spacial score (nSPS) is 16.6. The zero-order valence-corrected chi connectivity index (χ0v) is 25.8. The van der Waals surface area contributed by atoms with Crippen molar-refractivity contribution in [2.45, 2.75) is 84.8 Å². The lowest BCUT2D eigenvalue weighted by atomic mass is 10.0. The van der Waals surface area contributed by atoms with Gasteiger partial charge in [-0.1, -0.05) is 58.5 Å². The summed E-state index contributed by atoms with van der Waals surface area (Å²) < 4.78 is 4.74. The summed E-state index contributed by atoms with van der Waals surface area (Å²) in [7, 11) is 1.31. The molecule has 2 aromatic rings. The predicted molar refractivity (Wildman–Crippen MR) is 165 cm³/mol. The first kappa shape index (κ1) is 34.3. The van der Waals surface area contributed by atoms with E-state index in [1.165, 1.54) is 12.0 Å². The minimum Gasteiger partial charge on any atom is -0.467 e. The fraction of sp³-hybridized carbons (Fsp3) is 0.531. The number of nitrogens with two attached hydrogens (primary N) is 1. The molecule has 1 saturated heterocycles. The molecule has 1 fully saturated rings. The van der Waals surface area contributed by atoms with Crippen LogP contribution in [-0.4, -0.2) is 65.4 Å². The minimum absolute atomic E-state index is 0.00574. The number of hydrogen-bond acceptors (Lipinski definition) is 7. The number of esters is 1. The Kier molecular flexibility index (Phi) is 13.4. The van der Waals surface area contributed by atoms with Crippen molar-refractivity contribution in [3.8, 4) is 0 Å². The molecular formula is C32H47N5O5. The van der Waals surface area contributed by atoms with Gasteiger partial charge < -0.3 is 26.0 Å². The number of urea groups is 1. The Morgan fingerprint density at radius 2 is 1.71 bits per heavy atom. The van der Waals surface area contributed by atoms with E-state index in [0.717, 1.165) is 29.3 Å². The van der Waals surface area contributed by atoms with Crippen molar-refractivity contribution < 1.29 is 23.9 Å². The molecule has 1 aromatic heterocycles. The van der Waals surface area contributed by atoms with Crippen LogP contribution in [0.15, 0.2) is 43.1 Å². The van der Waals surface area contributed by atoms with Crippen molar-refractivity contribution in [1.82, 2.24) is 20.5 Å². The highest BCUT2D eigenvalue weighted by molar-refractivity contribution is 5.91. The molecule has 1 unspecified atom stereocenters. The summed E-state index contributed by atoms with van der Waals surface area (Å²) >= 11 is 0. The van der Waals surface area contributed by atoms with E-state index in [9.17, 15) is 19.2 Å². The van der Waals surface area contributed by atoms with Crippen LogP contribution < -0.4 is 16.4 Å². The van der Waals surface area contributed by atoms with E-state index in [1.807, 2.05) is 51.1 Å². The molecule has 0 saturated carbocycles. The van der Waals surface area contributed by atoms with Crippen molar-refractivity contribution in [2.75, 3.05) is 13.7 Å². The number of amides is 3. The molecule has 3 atom stereocenters. The number of nitrogens with zero attached hydrogens (tertiary/aromatic N) is 2. The molecule has 3 rings (SSSR count). The van der Waals surface area contributed by atoms with Crippen LogP contribution in [-0.2, 0) is 19.1 Å². The highest BCUT2D eigenvalue weighted by atomic mass is 16.5. The lowest BCUT2D eigenvalue weighted by Gasteiger charge is -2.29. The number of benzene rings is 1. The van der Waals surface area contributed by atoms with Crippen molar-refractivity contribution in [3.63, 3.8) is 0 Å². The first-order valence-corrected chi connectivity index (χ1v) is 14.6. The summed E-state index contributed by atoms with van der Waals surface area (Å²) in [5.74, 6) is -0.136. The lowest BCUT2D eigenvalue weighted by Crippen LogP contribution is -2.52. The van der Waals surface area contributed by atoms with Crippen LogP contribution in [0, 0.1) is 11.8 Å². The van der Waals surface area contributed by atoms with E-state index in [1.54, 1.807) is 6.20 Å². The second-order valence-electron chi connectivity index (χ2n) is 11.7. The topological polar surface area (TPSA) is 144 Å². The Hall–Kier alpha value is -3.95. The maximum atomic E-state index is 12.4. The summed E-state index contributed by atoms with van der Waals surface area (Å²) in [5.41, 5.74) is 7.89. The van der Waals surface area contributed by atoms with E-state index < -0.39 is 18.1 Å². The maximum Gasteiger partial charge on any atom is 0.328 e. The van der Waals surface area contributed by atoms with Crippen molar-refractivity contribution >= 4 is 40.3 Å². The van der Waals surface area contributed by atoms with Gasteiger partial charge in [-0.3, -0.25) is 14.6 Å². The number of carbonyl (C=O) groups is 4. The molecule has 1 aliphatic rings. The Morgan fingerprint density at radius 1 is 1.07 bits per heavy atom. The van der Waals surface area contributed by atoms with Crippen LogP contribution in [0.5, 0.6) is 0 Å². The van der Waals surface area contributed by atoms with Gasteiger partial charge in [-0.25, -0.2) is 9.59 Å². The number of nitrogens with one attached hydrogen (secondary N) is 2. The second-order valence-corrected chi connectivity index (χ2v) is 11.7. The molecule has 0 bridgehead atoms. The number of rotatable bonds is 10. The highest BCUT2D eigenvalue weighted by Crippen LogP contribution is 2.22. The SMILES string of the molecule is C=C(NC(CC(C)C)C(N)=O)c1cccc2cccnc12.COC(=O)[C@H](CC(C)C)NC(=O)N1CC(=O)CCC[C@H]1C. The monoisotopic (exact) mass is 581 g/mol. The lowest BCUT2D eigenvalue weighted by molar-refractivity contribution is -0.143. The Labute approximate surface area is 249 Å². The summed E-state index contributed by atoms with van der Waals surface area (Å²) in [6, 6.07) is 8.32. The van der Waals surface area contributed by atoms with Crippen LogP contribution >= 0.6 is 0 Å². The number of aromatic nitrogens is 1. The number of carbonyl (C=O) groups excluding carboxylic acids is 4. The van der Waals surface area contributed by atoms with Crippen LogP contribution in [0.1, 0.15) is 72.3 Å². The summed E-state index contributed by atoms with van der Waals surface area (Å²) in [5, 5.41) is 6.89. The van der Waals surface area contributed by atoms with Gasteiger partial charge in [0.05, 0.1) is 19.2 Å². The van der Waals surface area contributed by atoms with Gasteiger partial charge in [0.2, 0.25) is 5.91 Å². The zero-order valence-electron chi connectivity index (χ0n) is 25.8. The number of fused-ring (bicyclic) bond motifs is 1. The van der Waals surface area contributed by atoms with E-state index in [2.05, 4.69) is 36.0 Å². The Balaban J connectivity index is 0.000000293. The average Bonchev–Trinajstić information content (AvgIpc) is 3.11. The van der Waals surface area contributed by atoms with Gasteiger partial charge in [0, 0.05) is 35.3 Å². The number of ketones is 1. The molecule has 10 nitrogen and oxygen atoms in total. The van der Waals surface area contributed by atoms with Crippen LogP contribution in [0.3, 0.4) is 0 Å². The molecule has 0 spiro atoms. The van der Waals surface area contributed by atoms with Crippen LogP contribution in [0.2, 0.25) is 0 Å². The standard InChI is InChI=1S/C17H21N3O.C15H26N2O4/c1-11(2)10-15(17(18)21)20-12(3)14-8-4-6-13-7-5-9-19-16(13)14;1-10(2)8-13(14(19)21-4)16-15(20)17-9-12(18)7-5-6-11(17)3/h4-9,11,15,20H,3,10H2,1-2H3,(H2,18,21);10-11,13H,5-9H2,1-4H3,(H,16,20)/t;11-,13+/m.1/s1. The van der Waals surface area contributed by atoms with E-state index in [0.29, 0.717) is 30.9 Å². The molecule has 4 N–H and O–H groups in total. The number of para-hydroxylation sites is 1. The van der Waals surface area contributed by atoms with Crippen molar-refractivity contribution in [3.05, 3.63) is 48.7 Å². The number of Topliss-reactive ketones (excluding diaryl/α,β-unsaturated/α-hetero) is 1. The maximum absolute atomic E-state index is 12.4. The van der Waals surface area contributed by atoms with Crippen molar-refractivity contribution in [2.24, 2.45) is 17.6 Å². The van der Waals surface area contributed by atoms with E-state index in [-0.39, 0.29) is 36.2 Å². The number of hydrogen-bond donors (Lipinski definition) is 3. The summed E-state index contributed by atoms with van der Waals surface area (Å²) in [4.78, 5) is 53.3. The third-order valence-corrected chi connectivity index (χ3v) is 7.06. The molecule has 3 amide bonds. The molecule has 1 aromatic carbocycles. The van der Waals surface area contributed by atoms with Gasteiger partial charge in [-0.15, -0.1) is 0 Å². The molecule has 0 radical (unpaired) electrons. The number of likely N-dealkylation sites (tertiary alicyclic amines) is 1. The molecular weight excluding hydrogens is 534 g/mol. The number of pyridine rings is 1. The molecule has 1 aliphatic heterocycles. The summed E-state index contributed by atoms with van der Waals surface area (Å²) in [6.07, 6.45) is 5.04.